The van der Waals surface area contributed by atoms with Crippen molar-refractivity contribution in [1.82, 2.24) is 0 Å². The van der Waals surface area contributed by atoms with Crippen LogP contribution in [0.15, 0.2) is 0 Å². The minimum absolute atomic E-state index is 0.225. The quantitative estimate of drug-likeness (QED) is 0.576. The predicted octanol–water partition coefficient (Wildman–Crippen LogP) is 1.70. The molecule has 0 aromatic carbocycles. The third-order valence-electron chi connectivity index (χ3n) is 1.36. The van der Waals surface area contributed by atoms with E-state index < -0.39 is 18.2 Å². The summed E-state index contributed by atoms with van der Waals surface area (Å²) in [5, 5.41) is 0. The van der Waals surface area contributed by atoms with Crippen molar-refractivity contribution in [2.24, 2.45) is 0 Å². The van der Waals surface area contributed by atoms with Gasteiger partial charge >= 0.3 is 6.04 Å². The average Bonchev–Trinajstić information content (AvgIpc) is 2.00. The van der Waals surface area contributed by atoms with E-state index in [4.69, 9.17) is 9.47 Å². The second kappa shape index (κ2) is 6.05. The van der Waals surface area contributed by atoms with E-state index in [-0.39, 0.29) is 6.61 Å². The highest BCUT2D eigenvalue weighted by Gasteiger charge is 2.18. The molecule has 0 saturated carbocycles. The summed E-state index contributed by atoms with van der Waals surface area (Å²) < 4.78 is 21.9. The molecule has 0 radical (unpaired) electrons. The molecule has 0 unspecified atom stereocenters. The Bertz CT molecular complexity index is 157. The molecule has 3 nitrogen and oxygen atoms in total. The highest BCUT2D eigenvalue weighted by atomic mass is 19.1. The average molecular weight is 192 g/mol. The van der Waals surface area contributed by atoms with E-state index in [0.29, 0.717) is 6.61 Å². The highest BCUT2D eigenvalue weighted by Crippen LogP contribution is 2.09. The Balaban J connectivity index is 3.56. The summed E-state index contributed by atoms with van der Waals surface area (Å²) in [6, 6.07) is -1.45. The standard InChI is InChI=1S/C9H17FO3/c1-4-5-13-9(2,3)7-12-6-8(10)11/h4-7H2,1-3H3. The van der Waals surface area contributed by atoms with Crippen molar-refractivity contribution in [1.29, 1.82) is 0 Å². The Labute approximate surface area is 78.2 Å². The first-order chi connectivity index (χ1) is 5.98. The van der Waals surface area contributed by atoms with Crippen molar-refractivity contribution in [3.8, 4) is 0 Å². The van der Waals surface area contributed by atoms with E-state index in [1.807, 2.05) is 20.8 Å². The normalized spacial score (nSPS) is 11.7. The zero-order valence-electron chi connectivity index (χ0n) is 8.43. The van der Waals surface area contributed by atoms with E-state index in [9.17, 15) is 9.18 Å². The smallest absolute Gasteiger partial charge is 0.326 e. The minimum Gasteiger partial charge on any atom is -0.373 e. The van der Waals surface area contributed by atoms with Crippen molar-refractivity contribution >= 4 is 6.04 Å². The van der Waals surface area contributed by atoms with Crippen LogP contribution >= 0.6 is 0 Å². The SMILES string of the molecule is CCCOC(C)(C)COCC(=O)F. The molecular formula is C9H17FO3. The Kier molecular flexibility index (Phi) is 5.82. The van der Waals surface area contributed by atoms with Gasteiger partial charge in [0.2, 0.25) is 0 Å². The summed E-state index contributed by atoms with van der Waals surface area (Å²) in [6.07, 6.45) is 0.922. The number of carbonyl (C=O) groups is 1. The molecule has 0 bridgehead atoms. The second-order valence-electron chi connectivity index (χ2n) is 3.46. The van der Waals surface area contributed by atoms with E-state index in [2.05, 4.69) is 0 Å². The summed E-state index contributed by atoms with van der Waals surface area (Å²) >= 11 is 0. The number of hydrogen-bond acceptors (Lipinski definition) is 3. The van der Waals surface area contributed by atoms with Gasteiger partial charge in [-0.1, -0.05) is 6.92 Å². The maximum Gasteiger partial charge on any atom is 0.326 e. The van der Waals surface area contributed by atoms with Gasteiger partial charge in [-0.05, 0) is 20.3 Å². The first-order valence-electron chi connectivity index (χ1n) is 4.38. The Hall–Kier alpha value is -0.480. The molecule has 0 saturated heterocycles. The van der Waals surface area contributed by atoms with Gasteiger partial charge in [-0.3, -0.25) is 4.79 Å². The lowest BCUT2D eigenvalue weighted by Crippen LogP contribution is -2.31. The van der Waals surface area contributed by atoms with Crippen molar-refractivity contribution in [2.45, 2.75) is 32.8 Å². The number of hydrogen-bond donors (Lipinski definition) is 0. The summed E-state index contributed by atoms with van der Waals surface area (Å²) in [4.78, 5) is 9.91. The van der Waals surface area contributed by atoms with Gasteiger partial charge in [0.15, 0.2) is 0 Å². The zero-order chi connectivity index (χ0) is 10.3. The molecule has 0 aliphatic rings. The van der Waals surface area contributed by atoms with Gasteiger partial charge in [0.25, 0.3) is 0 Å². The van der Waals surface area contributed by atoms with Gasteiger partial charge in [-0.15, -0.1) is 0 Å². The van der Waals surface area contributed by atoms with E-state index >= 15 is 0 Å². The summed E-state index contributed by atoms with van der Waals surface area (Å²) in [5.41, 5.74) is -0.453. The fourth-order valence-electron chi connectivity index (χ4n) is 0.797. The molecule has 0 atom stereocenters. The first kappa shape index (κ1) is 12.5. The molecule has 13 heavy (non-hydrogen) atoms. The van der Waals surface area contributed by atoms with Crippen molar-refractivity contribution in [3.63, 3.8) is 0 Å². The summed E-state index contributed by atoms with van der Waals surface area (Å²) in [6.45, 7) is 6.06. The fourth-order valence-corrected chi connectivity index (χ4v) is 0.797. The lowest BCUT2D eigenvalue weighted by molar-refractivity contribution is -0.138. The summed E-state index contributed by atoms with van der Waals surface area (Å²) in [5.74, 6) is 0. The molecule has 0 amide bonds. The maximum atomic E-state index is 11.7. The van der Waals surface area contributed by atoms with Gasteiger partial charge in [0, 0.05) is 6.61 Å². The Morgan fingerprint density at radius 1 is 1.46 bits per heavy atom. The highest BCUT2D eigenvalue weighted by molar-refractivity contribution is 5.69. The molecule has 78 valence electrons. The van der Waals surface area contributed by atoms with Crippen LogP contribution in [0.4, 0.5) is 4.39 Å². The fraction of sp³-hybridized carbons (Fsp3) is 0.889. The molecule has 0 spiro atoms. The molecule has 0 heterocycles. The van der Waals surface area contributed by atoms with Crippen molar-refractivity contribution in [2.75, 3.05) is 19.8 Å². The van der Waals surface area contributed by atoms with E-state index in [0.717, 1.165) is 6.42 Å². The molecule has 0 rings (SSSR count). The third-order valence-corrected chi connectivity index (χ3v) is 1.36. The number of halogens is 1. The Morgan fingerprint density at radius 2 is 2.08 bits per heavy atom. The monoisotopic (exact) mass is 192 g/mol. The van der Waals surface area contributed by atoms with Crippen LogP contribution < -0.4 is 0 Å². The zero-order valence-corrected chi connectivity index (χ0v) is 8.43. The molecule has 0 N–H and O–H groups in total. The van der Waals surface area contributed by atoms with Gasteiger partial charge in [0.1, 0.15) is 6.61 Å². The van der Waals surface area contributed by atoms with Crippen LogP contribution in [0.25, 0.3) is 0 Å². The number of carbonyl (C=O) groups excluding carboxylic acids is 1. The largest absolute Gasteiger partial charge is 0.373 e. The van der Waals surface area contributed by atoms with Crippen LogP contribution in [-0.4, -0.2) is 31.5 Å². The van der Waals surface area contributed by atoms with Crippen LogP contribution in [-0.2, 0) is 14.3 Å². The first-order valence-corrected chi connectivity index (χ1v) is 4.38. The van der Waals surface area contributed by atoms with Crippen LogP contribution in [0, 0.1) is 0 Å². The van der Waals surface area contributed by atoms with Crippen LogP contribution in [0.3, 0.4) is 0 Å². The molecular weight excluding hydrogens is 175 g/mol. The van der Waals surface area contributed by atoms with Gasteiger partial charge in [-0.25, -0.2) is 0 Å². The molecule has 0 fully saturated rings. The lowest BCUT2D eigenvalue weighted by Gasteiger charge is -2.24. The molecule has 0 aromatic heterocycles. The number of rotatable bonds is 7. The molecule has 0 aliphatic heterocycles. The van der Waals surface area contributed by atoms with Crippen LogP contribution in [0.5, 0.6) is 0 Å². The maximum absolute atomic E-state index is 11.7. The Morgan fingerprint density at radius 3 is 2.54 bits per heavy atom. The van der Waals surface area contributed by atoms with Crippen LogP contribution in [0.1, 0.15) is 27.2 Å². The van der Waals surface area contributed by atoms with Crippen molar-refractivity contribution < 1.29 is 18.7 Å². The van der Waals surface area contributed by atoms with Gasteiger partial charge in [-0.2, -0.15) is 4.39 Å². The third kappa shape index (κ3) is 7.87. The topological polar surface area (TPSA) is 35.5 Å². The summed E-state index contributed by atoms with van der Waals surface area (Å²) in [7, 11) is 0. The molecule has 0 aliphatic carbocycles. The number of ether oxygens (including phenoxy) is 2. The van der Waals surface area contributed by atoms with Gasteiger partial charge < -0.3 is 9.47 Å². The molecule has 0 aromatic rings. The van der Waals surface area contributed by atoms with Crippen LogP contribution in [0.2, 0.25) is 0 Å². The van der Waals surface area contributed by atoms with E-state index in [1.54, 1.807) is 0 Å². The second-order valence-corrected chi connectivity index (χ2v) is 3.46. The van der Waals surface area contributed by atoms with Gasteiger partial charge in [0.05, 0.1) is 12.2 Å². The van der Waals surface area contributed by atoms with E-state index in [1.165, 1.54) is 0 Å². The lowest BCUT2D eigenvalue weighted by atomic mass is 10.1. The van der Waals surface area contributed by atoms with Crippen molar-refractivity contribution in [3.05, 3.63) is 0 Å². The predicted molar refractivity (Wildman–Crippen MR) is 47.3 cm³/mol. The minimum atomic E-state index is -1.45. The molecule has 4 heteroatoms.